The summed E-state index contributed by atoms with van der Waals surface area (Å²) >= 11 is 7.52. The quantitative estimate of drug-likeness (QED) is 0.174. The lowest BCUT2D eigenvalue weighted by Crippen LogP contribution is -2.14. The predicted octanol–water partition coefficient (Wildman–Crippen LogP) is 13.6. The first kappa shape index (κ1) is 29.0. The second kappa shape index (κ2) is 11.8. The summed E-state index contributed by atoms with van der Waals surface area (Å²) in [6, 6.07) is 44.1. The monoisotopic (exact) mass is 678 g/mol. The molecule has 6 heteroatoms. The van der Waals surface area contributed by atoms with E-state index in [2.05, 4.69) is 140 Å². The Morgan fingerprint density at radius 1 is 0.553 bits per heavy atom. The predicted molar refractivity (Wildman–Crippen MR) is 207 cm³/mol. The number of thiazole rings is 1. The van der Waals surface area contributed by atoms with Crippen LogP contribution in [0.2, 0.25) is 0 Å². The van der Waals surface area contributed by atoms with Gasteiger partial charge in [-0.25, -0.2) is 4.98 Å². The number of rotatable bonds is 6. The van der Waals surface area contributed by atoms with E-state index in [0.717, 1.165) is 34.8 Å². The van der Waals surface area contributed by atoms with Crippen molar-refractivity contribution in [2.75, 3.05) is 4.90 Å². The Balaban J connectivity index is 1.22. The molecule has 5 aromatic carbocycles. The van der Waals surface area contributed by atoms with Gasteiger partial charge >= 0.3 is 0 Å². The summed E-state index contributed by atoms with van der Waals surface area (Å²) in [6.45, 7) is 4.55. The number of thiophene rings is 2. The average Bonchev–Trinajstić information content (AvgIpc) is 3.83. The Morgan fingerprint density at radius 2 is 1.09 bits per heavy atom. The molecule has 4 heterocycles. The zero-order valence-electron chi connectivity index (χ0n) is 26.0. The van der Waals surface area contributed by atoms with Crippen LogP contribution in [-0.2, 0) is 12.8 Å². The molecule has 0 bridgehead atoms. The highest BCUT2D eigenvalue weighted by molar-refractivity contribution is 7.99. The van der Waals surface area contributed by atoms with Gasteiger partial charge in [-0.05, 0) is 73.5 Å². The van der Waals surface area contributed by atoms with Gasteiger partial charge in [0.05, 0.1) is 21.9 Å². The molecule has 0 N–H and O–H groups in total. The lowest BCUT2D eigenvalue weighted by atomic mass is 10.0. The van der Waals surface area contributed by atoms with Crippen molar-refractivity contribution < 1.29 is 0 Å². The largest absolute Gasteiger partial charge is 0.308 e. The lowest BCUT2D eigenvalue weighted by Gasteiger charge is -2.32. The molecular formula is C41H30N2S4. The number of aryl methyl sites for hydroxylation is 2. The third-order valence-electron chi connectivity index (χ3n) is 8.87. The molecule has 0 unspecified atom stereocenters. The summed E-state index contributed by atoms with van der Waals surface area (Å²) in [7, 11) is 0. The van der Waals surface area contributed by atoms with E-state index < -0.39 is 0 Å². The van der Waals surface area contributed by atoms with E-state index in [-0.39, 0.29) is 0 Å². The molecule has 0 saturated carbocycles. The van der Waals surface area contributed by atoms with Crippen LogP contribution in [0.3, 0.4) is 0 Å². The van der Waals surface area contributed by atoms with Crippen LogP contribution in [0.5, 0.6) is 0 Å². The number of para-hydroxylation sites is 2. The van der Waals surface area contributed by atoms with Crippen LogP contribution in [-0.4, -0.2) is 4.98 Å². The summed E-state index contributed by atoms with van der Waals surface area (Å²) in [5.74, 6) is 0. The smallest absolute Gasteiger partial charge is 0.124 e. The van der Waals surface area contributed by atoms with Crippen molar-refractivity contribution in [2.24, 2.45) is 0 Å². The number of hydrogen-bond donors (Lipinski definition) is 0. The minimum atomic E-state index is 0.984. The van der Waals surface area contributed by atoms with E-state index in [1.54, 1.807) is 0 Å². The second-order valence-corrected chi connectivity index (χ2v) is 16.0. The fourth-order valence-electron chi connectivity index (χ4n) is 6.72. The van der Waals surface area contributed by atoms with E-state index in [4.69, 9.17) is 4.98 Å². The summed E-state index contributed by atoms with van der Waals surface area (Å²) in [6.07, 6.45) is 1.98. The molecule has 9 rings (SSSR count). The van der Waals surface area contributed by atoms with Crippen molar-refractivity contribution in [3.05, 3.63) is 131 Å². The zero-order chi connectivity index (χ0) is 31.5. The molecule has 1 aliphatic heterocycles. The molecule has 0 aliphatic carbocycles. The van der Waals surface area contributed by atoms with Gasteiger partial charge in [-0.1, -0.05) is 86.3 Å². The van der Waals surface area contributed by atoms with E-state index >= 15 is 0 Å². The van der Waals surface area contributed by atoms with Crippen LogP contribution in [0.4, 0.5) is 17.1 Å². The molecule has 1 aliphatic rings. The number of anilines is 3. The van der Waals surface area contributed by atoms with Crippen LogP contribution in [0.1, 0.15) is 23.6 Å². The maximum absolute atomic E-state index is 5.55. The molecule has 0 radical (unpaired) electrons. The number of hydrogen-bond acceptors (Lipinski definition) is 6. The van der Waals surface area contributed by atoms with Crippen molar-refractivity contribution >= 4 is 83.0 Å². The third kappa shape index (κ3) is 4.77. The Labute approximate surface area is 291 Å². The standard InChI is InChI=1S/C41H30N2S4/c1-3-31-37(27-13-5-9-17-33(27)44-31)39-40(38-28-14-6-10-18-34(28)45-32(38)4-2)47-41(42-39)25-21-23-26(24-22-25)43-29-15-7-11-19-35(29)46-36-20-12-8-16-30(36)43/h5-24H,3-4H2,1-2H3. The molecule has 0 fully saturated rings. The fraction of sp³-hybridized carbons (Fsp3) is 0.0976. The summed E-state index contributed by atoms with van der Waals surface area (Å²) in [4.78, 5) is 14.6. The number of aromatic nitrogens is 1. The summed E-state index contributed by atoms with van der Waals surface area (Å²) in [5, 5.41) is 3.70. The normalized spacial score (nSPS) is 12.5. The molecule has 0 spiro atoms. The Morgan fingerprint density at radius 3 is 1.70 bits per heavy atom. The summed E-state index contributed by atoms with van der Waals surface area (Å²) in [5.41, 5.74) is 8.52. The van der Waals surface area contributed by atoms with Gasteiger partial charge in [0.15, 0.2) is 0 Å². The molecule has 47 heavy (non-hydrogen) atoms. The first-order valence-electron chi connectivity index (χ1n) is 16.0. The Hall–Kier alpha value is -4.20. The van der Waals surface area contributed by atoms with Crippen LogP contribution in [0, 0.1) is 0 Å². The highest BCUT2D eigenvalue weighted by atomic mass is 32.2. The topological polar surface area (TPSA) is 16.1 Å². The molecule has 2 nitrogen and oxygen atoms in total. The van der Waals surface area contributed by atoms with Gasteiger partial charge in [0.2, 0.25) is 0 Å². The SMILES string of the molecule is CCc1sc2ccccc2c1-c1nc(-c2ccc(N3c4ccccc4Sc4ccccc43)cc2)sc1-c1c(CC)sc2ccccc12. The first-order chi connectivity index (χ1) is 23.2. The van der Waals surface area contributed by atoms with Crippen molar-refractivity contribution in [3.8, 4) is 32.3 Å². The number of fused-ring (bicyclic) bond motifs is 4. The van der Waals surface area contributed by atoms with Gasteiger partial charge in [-0.3, -0.25) is 0 Å². The van der Waals surface area contributed by atoms with Gasteiger partial charge in [-0.2, -0.15) is 0 Å². The highest BCUT2D eigenvalue weighted by Gasteiger charge is 2.27. The molecule has 3 aromatic heterocycles. The Kier molecular flexibility index (Phi) is 7.27. The Bertz CT molecular complexity index is 2280. The minimum Gasteiger partial charge on any atom is -0.308 e. The van der Waals surface area contributed by atoms with Gasteiger partial charge in [-0.15, -0.1) is 34.0 Å². The maximum Gasteiger partial charge on any atom is 0.124 e. The van der Waals surface area contributed by atoms with Gasteiger partial charge < -0.3 is 4.90 Å². The van der Waals surface area contributed by atoms with E-state index in [9.17, 15) is 0 Å². The first-order valence-corrected chi connectivity index (χ1v) is 19.3. The van der Waals surface area contributed by atoms with Gasteiger partial charge in [0.25, 0.3) is 0 Å². The minimum absolute atomic E-state index is 0.984. The van der Waals surface area contributed by atoms with E-state index in [0.29, 0.717) is 0 Å². The number of nitrogens with zero attached hydrogens (tertiary/aromatic N) is 2. The maximum atomic E-state index is 5.55. The second-order valence-electron chi connectivity index (χ2n) is 11.6. The van der Waals surface area contributed by atoms with Crippen molar-refractivity contribution in [1.29, 1.82) is 0 Å². The van der Waals surface area contributed by atoms with Crippen LogP contribution < -0.4 is 4.90 Å². The molecule has 0 amide bonds. The van der Waals surface area contributed by atoms with Crippen LogP contribution in [0.25, 0.3) is 52.4 Å². The molecule has 0 atom stereocenters. The number of benzene rings is 5. The van der Waals surface area contributed by atoms with E-state index in [1.165, 1.54) is 67.1 Å². The van der Waals surface area contributed by atoms with Crippen LogP contribution in [0.15, 0.2) is 131 Å². The third-order valence-corrected chi connectivity index (χ3v) is 13.8. The van der Waals surface area contributed by atoms with Gasteiger partial charge in [0.1, 0.15) is 5.01 Å². The summed E-state index contributed by atoms with van der Waals surface area (Å²) < 4.78 is 2.67. The van der Waals surface area contributed by atoms with E-state index in [1.807, 2.05) is 45.8 Å². The lowest BCUT2D eigenvalue weighted by molar-refractivity contribution is 1.17. The zero-order valence-corrected chi connectivity index (χ0v) is 29.3. The van der Waals surface area contributed by atoms with Crippen LogP contribution >= 0.6 is 45.8 Å². The molecule has 0 saturated heterocycles. The molecule has 228 valence electrons. The van der Waals surface area contributed by atoms with Crippen molar-refractivity contribution in [2.45, 2.75) is 36.5 Å². The molecule has 8 aromatic rings. The molecular weight excluding hydrogens is 649 g/mol. The van der Waals surface area contributed by atoms with Gasteiger partial charge in [0, 0.05) is 62.1 Å². The highest BCUT2D eigenvalue weighted by Crippen LogP contribution is 2.53. The van der Waals surface area contributed by atoms with Crippen molar-refractivity contribution in [1.82, 2.24) is 4.98 Å². The van der Waals surface area contributed by atoms with Crippen molar-refractivity contribution in [3.63, 3.8) is 0 Å². The fourth-order valence-corrected chi connectivity index (χ4v) is 11.3. The average molecular weight is 679 g/mol.